The van der Waals surface area contributed by atoms with E-state index < -0.39 is 12.0 Å². The monoisotopic (exact) mass is 436 g/mol. The number of alkyl halides is 3. The van der Waals surface area contributed by atoms with Gasteiger partial charge in [-0.15, -0.1) is 27.1 Å². The van der Waals surface area contributed by atoms with Crippen molar-refractivity contribution < 1.29 is 18.0 Å². The van der Waals surface area contributed by atoms with E-state index in [0.717, 1.165) is 10.6 Å². The number of thioether (sulfide) groups is 1. The number of nitrogens with zero attached hydrogens (tertiary/aromatic N) is 5. The highest BCUT2D eigenvalue weighted by molar-refractivity contribution is 7.98. The molecule has 0 spiro atoms. The van der Waals surface area contributed by atoms with Crippen molar-refractivity contribution in [1.29, 1.82) is 0 Å². The van der Waals surface area contributed by atoms with Crippen LogP contribution in [0.5, 0.6) is 0 Å². The number of amides is 1. The summed E-state index contributed by atoms with van der Waals surface area (Å²) in [7, 11) is 0. The Balaban J connectivity index is 1.42. The fraction of sp³-hybridized carbons (Fsp3) is 0.368. The molecule has 1 fully saturated rings. The van der Waals surface area contributed by atoms with Gasteiger partial charge in [0.05, 0.1) is 0 Å². The highest BCUT2D eigenvalue weighted by Crippen LogP contribution is 2.29. The van der Waals surface area contributed by atoms with Crippen LogP contribution in [0.1, 0.15) is 18.7 Å². The van der Waals surface area contributed by atoms with Gasteiger partial charge in [0, 0.05) is 29.6 Å². The Morgan fingerprint density at radius 1 is 1.17 bits per heavy atom. The summed E-state index contributed by atoms with van der Waals surface area (Å²) in [6.45, 7) is 1.04. The number of fused-ring (bicyclic) bond motifs is 1. The van der Waals surface area contributed by atoms with Crippen molar-refractivity contribution in [3.63, 3.8) is 0 Å². The molecule has 1 aliphatic heterocycles. The molecule has 1 saturated heterocycles. The first kappa shape index (κ1) is 20.5. The van der Waals surface area contributed by atoms with Crippen LogP contribution in [0.4, 0.5) is 24.7 Å². The van der Waals surface area contributed by atoms with Crippen LogP contribution in [-0.4, -0.2) is 45.1 Å². The molecule has 1 amide bonds. The molecule has 3 heterocycles. The van der Waals surface area contributed by atoms with Gasteiger partial charge in [-0.1, -0.05) is 6.07 Å². The summed E-state index contributed by atoms with van der Waals surface area (Å²) >= 11 is 1.60. The van der Waals surface area contributed by atoms with Gasteiger partial charge in [-0.2, -0.15) is 17.7 Å². The molecule has 30 heavy (non-hydrogen) atoms. The predicted octanol–water partition coefficient (Wildman–Crippen LogP) is 3.72. The van der Waals surface area contributed by atoms with Gasteiger partial charge < -0.3 is 10.2 Å². The number of rotatable bonds is 4. The minimum Gasteiger partial charge on any atom is -0.355 e. The predicted molar refractivity (Wildman–Crippen MR) is 108 cm³/mol. The third-order valence-corrected chi connectivity index (χ3v) is 5.75. The van der Waals surface area contributed by atoms with Gasteiger partial charge in [-0.05, 0) is 49.4 Å². The molecule has 0 saturated carbocycles. The molecule has 158 valence electrons. The first-order valence-electron chi connectivity index (χ1n) is 9.34. The summed E-state index contributed by atoms with van der Waals surface area (Å²) in [6, 6.07) is 10.7. The molecule has 11 heteroatoms. The minimum atomic E-state index is -4.64. The third kappa shape index (κ3) is 4.20. The molecule has 4 rings (SSSR count). The highest BCUT2D eigenvalue weighted by atomic mass is 32.2. The second-order valence-corrected chi connectivity index (χ2v) is 7.85. The second-order valence-electron chi connectivity index (χ2n) is 6.97. The number of nitrogens with one attached hydrogen (secondary N) is 1. The highest BCUT2D eigenvalue weighted by Gasteiger charge is 2.38. The Labute approximate surface area is 174 Å². The van der Waals surface area contributed by atoms with E-state index in [1.807, 2.05) is 35.4 Å². The largest absolute Gasteiger partial charge is 0.453 e. The van der Waals surface area contributed by atoms with E-state index in [0.29, 0.717) is 36.3 Å². The zero-order chi connectivity index (χ0) is 21.3. The first-order valence-corrected chi connectivity index (χ1v) is 10.6. The molecule has 1 aliphatic rings. The van der Waals surface area contributed by atoms with Crippen molar-refractivity contribution in [2.45, 2.75) is 23.9 Å². The lowest BCUT2D eigenvalue weighted by atomic mass is 9.96. The molecule has 1 aromatic carbocycles. The maximum Gasteiger partial charge on any atom is 0.453 e. The van der Waals surface area contributed by atoms with Gasteiger partial charge in [-0.25, -0.2) is 0 Å². The van der Waals surface area contributed by atoms with Crippen molar-refractivity contribution in [3.05, 3.63) is 42.2 Å². The van der Waals surface area contributed by atoms with Crippen molar-refractivity contribution in [3.8, 4) is 0 Å². The molecule has 7 nitrogen and oxygen atoms in total. The van der Waals surface area contributed by atoms with E-state index in [1.165, 1.54) is 6.07 Å². The fourth-order valence-electron chi connectivity index (χ4n) is 3.44. The number of carbonyl (C=O) groups is 1. The number of benzene rings is 1. The SMILES string of the molecule is CSc1cccc(NC(=O)C2CCN(c3ccc4nnc(C(F)(F)F)n4n3)CC2)c1. The van der Waals surface area contributed by atoms with Crippen LogP contribution in [0, 0.1) is 5.92 Å². The summed E-state index contributed by atoms with van der Waals surface area (Å²) in [5, 5.41) is 13.7. The Morgan fingerprint density at radius 3 is 2.63 bits per heavy atom. The van der Waals surface area contributed by atoms with Gasteiger partial charge in [0.15, 0.2) is 5.65 Å². The van der Waals surface area contributed by atoms with Gasteiger partial charge >= 0.3 is 6.18 Å². The molecule has 0 aliphatic carbocycles. The number of aromatic nitrogens is 4. The van der Waals surface area contributed by atoms with Crippen molar-refractivity contribution in [1.82, 2.24) is 19.8 Å². The standard InChI is InChI=1S/C19H19F3N6OS/c1-30-14-4-2-3-13(11-14)23-17(29)12-7-9-27(10-8-12)16-6-5-15-24-25-18(19(20,21)22)28(15)26-16/h2-6,11-12H,7-10H2,1H3,(H,23,29). The topological polar surface area (TPSA) is 75.4 Å². The average Bonchev–Trinajstić information content (AvgIpc) is 3.18. The third-order valence-electron chi connectivity index (χ3n) is 5.03. The maximum atomic E-state index is 13.1. The van der Waals surface area contributed by atoms with E-state index >= 15 is 0 Å². The van der Waals surface area contributed by atoms with Crippen molar-refractivity contribution in [2.75, 3.05) is 29.6 Å². The molecule has 0 bridgehead atoms. The Bertz CT molecular complexity index is 1060. The normalized spacial score (nSPS) is 15.5. The first-order chi connectivity index (χ1) is 14.3. The zero-order valence-electron chi connectivity index (χ0n) is 16.1. The van der Waals surface area contributed by atoms with Crippen LogP contribution < -0.4 is 10.2 Å². The van der Waals surface area contributed by atoms with Crippen LogP contribution in [0.15, 0.2) is 41.3 Å². The maximum absolute atomic E-state index is 13.1. The number of piperidine rings is 1. The fourth-order valence-corrected chi connectivity index (χ4v) is 3.90. The molecule has 0 atom stereocenters. The Kier molecular flexibility index (Phi) is 5.54. The number of hydrogen-bond acceptors (Lipinski definition) is 6. The number of halogens is 3. The molecule has 0 radical (unpaired) electrons. The summed E-state index contributed by atoms with van der Waals surface area (Å²) in [4.78, 5) is 15.5. The molecule has 3 aromatic rings. The van der Waals surface area contributed by atoms with E-state index in [2.05, 4.69) is 20.6 Å². The Morgan fingerprint density at radius 2 is 1.93 bits per heavy atom. The number of anilines is 2. The number of hydrogen-bond donors (Lipinski definition) is 1. The van der Waals surface area contributed by atoms with Gasteiger partial charge in [0.2, 0.25) is 5.91 Å². The van der Waals surface area contributed by atoms with Crippen molar-refractivity contribution in [2.24, 2.45) is 5.92 Å². The van der Waals surface area contributed by atoms with Crippen molar-refractivity contribution >= 4 is 34.8 Å². The lowest BCUT2D eigenvalue weighted by molar-refractivity contribution is -0.146. The van der Waals surface area contributed by atoms with Crippen LogP contribution in [-0.2, 0) is 11.0 Å². The summed E-state index contributed by atoms with van der Waals surface area (Å²) in [5.41, 5.74) is 0.793. The summed E-state index contributed by atoms with van der Waals surface area (Å²) in [6.07, 6.45) is -1.49. The van der Waals surface area contributed by atoms with Gasteiger partial charge in [0.25, 0.3) is 5.82 Å². The smallest absolute Gasteiger partial charge is 0.355 e. The van der Waals surface area contributed by atoms with Crippen LogP contribution in [0.3, 0.4) is 0 Å². The van der Waals surface area contributed by atoms with Crippen LogP contribution in [0.25, 0.3) is 5.65 Å². The molecule has 2 aromatic heterocycles. The summed E-state index contributed by atoms with van der Waals surface area (Å²) < 4.78 is 39.9. The lowest BCUT2D eigenvalue weighted by Gasteiger charge is -2.32. The summed E-state index contributed by atoms with van der Waals surface area (Å²) in [5.74, 6) is -0.960. The van der Waals surface area contributed by atoms with Gasteiger partial charge in [0.1, 0.15) is 5.82 Å². The molecular weight excluding hydrogens is 417 g/mol. The lowest BCUT2D eigenvalue weighted by Crippen LogP contribution is -2.38. The van der Waals surface area contributed by atoms with E-state index in [9.17, 15) is 18.0 Å². The van der Waals surface area contributed by atoms with Crippen LogP contribution >= 0.6 is 11.8 Å². The van der Waals surface area contributed by atoms with E-state index in [1.54, 1.807) is 17.8 Å². The zero-order valence-corrected chi connectivity index (χ0v) is 16.9. The molecule has 1 N–H and O–H groups in total. The van der Waals surface area contributed by atoms with E-state index in [4.69, 9.17) is 0 Å². The quantitative estimate of drug-likeness (QED) is 0.629. The molecular formula is C19H19F3N6OS. The molecule has 0 unspecified atom stereocenters. The minimum absolute atomic E-state index is 0.0350. The Hall–Kier alpha value is -2.82. The van der Waals surface area contributed by atoms with Gasteiger partial charge in [-0.3, -0.25) is 4.79 Å². The average molecular weight is 436 g/mol. The number of carbonyl (C=O) groups excluding carboxylic acids is 1. The van der Waals surface area contributed by atoms with Crippen LogP contribution in [0.2, 0.25) is 0 Å². The van der Waals surface area contributed by atoms with E-state index in [-0.39, 0.29) is 17.5 Å². The second kappa shape index (κ2) is 8.13.